The summed E-state index contributed by atoms with van der Waals surface area (Å²) >= 11 is 1.26. The molecule has 233 valence electrons. The molecule has 0 saturated carbocycles. The molecule has 3 aromatic rings. The zero-order chi connectivity index (χ0) is 30.0. The average molecular weight is 666 g/mol. The number of aromatic nitrogens is 1. The third-order valence-electron chi connectivity index (χ3n) is 7.39. The summed E-state index contributed by atoms with van der Waals surface area (Å²) in [6.07, 6.45) is 0.698. The highest BCUT2D eigenvalue weighted by Crippen LogP contribution is 2.41. The van der Waals surface area contributed by atoms with Crippen LogP contribution in [0.3, 0.4) is 0 Å². The van der Waals surface area contributed by atoms with Crippen molar-refractivity contribution in [1.82, 2.24) is 19.9 Å². The molecule has 3 heterocycles. The third-order valence-corrected chi connectivity index (χ3v) is 8.42. The molecule has 0 aliphatic carbocycles. The molecule has 1 saturated heterocycles. The molecule has 1 amide bonds. The van der Waals surface area contributed by atoms with E-state index in [1.807, 2.05) is 0 Å². The van der Waals surface area contributed by atoms with E-state index in [9.17, 15) is 14.3 Å². The van der Waals surface area contributed by atoms with Gasteiger partial charge in [-0.2, -0.15) is 5.26 Å². The van der Waals surface area contributed by atoms with E-state index in [-0.39, 0.29) is 48.8 Å². The van der Waals surface area contributed by atoms with Gasteiger partial charge in [-0.25, -0.2) is 18.6 Å². The molecule has 1 aromatic heterocycles. The van der Waals surface area contributed by atoms with E-state index < -0.39 is 35.4 Å². The summed E-state index contributed by atoms with van der Waals surface area (Å²) in [7, 11) is 0. The number of β-amino-alcohol motifs (C(OH)–C–C–N with tert-alkyl or cyclic N) is 1. The number of aliphatic imine (C=N–C) groups is 1. The monoisotopic (exact) mass is 664 g/mol. The molecule has 0 bridgehead atoms. The van der Waals surface area contributed by atoms with Crippen LogP contribution in [-0.4, -0.2) is 70.0 Å². The fraction of sp³-hybridized carbons (Fsp3) is 0.345. The number of nitriles is 1. The van der Waals surface area contributed by atoms with Crippen molar-refractivity contribution in [3.63, 3.8) is 0 Å². The first-order valence-corrected chi connectivity index (χ1v) is 14.2. The number of thiazole rings is 1. The number of likely N-dealkylation sites (tertiary alicyclic amines) is 1. The first-order chi connectivity index (χ1) is 20.1. The lowest BCUT2D eigenvalue weighted by molar-refractivity contribution is -0.00833. The van der Waals surface area contributed by atoms with Gasteiger partial charge >= 0.3 is 11.9 Å². The molecular formula is C29H30Cl2F2N7O3S. The minimum absolute atomic E-state index is 0. The van der Waals surface area contributed by atoms with Gasteiger partial charge in [-0.05, 0) is 43.7 Å². The predicted octanol–water partition coefficient (Wildman–Crippen LogP) is 0.928. The lowest BCUT2D eigenvalue weighted by Crippen LogP contribution is -3.00. The Morgan fingerprint density at radius 2 is 2.02 bits per heavy atom. The molecule has 2 aliphatic heterocycles. The zero-order valence-electron chi connectivity index (χ0n) is 23.7. The van der Waals surface area contributed by atoms with Crippen LogP contribution in [-0.2, 0) is 10.3 Å². The molecule has 2 aromatic carbocycles. The number of benzene rings is 2. The first kappa shape index (κ1) is 34.8. The quantitative estimate of drug-likeness (QED) is 0.365. The minimum atomic E-state index is -2.00. The van der Waals surface area contributed by atoms with E-state index in [0.29, 0.717) is 35.8 Å². The topological polar surface area (TPSA) is 142 Å². The highest BCUT2D eigenvalue weighted by molar-refractivity contribution is 7.10. The van der Waals surface area contributed by atoms with Crippen LogP contribution in [0.5, 0.6) is 0 Å². The van der Waals surface area contributed by atoms with Gasteiger partial charge in [-0.1, -0.05) is 24.0 Å². The van der Waals surface area contributed by atoms with Gasteiger partial charge in [0.1, 0.15) is 23.8 Å². The van der Waals surface area contributed by atoms with E-state index >= 15 is 4.39 Å². The van der Waals surface area contributed by atoms with Crippen molar-refractivity contribution in [2.24, 2.45) is 10.8 Å². The first-order valence-electron chi connectivity index (χ1n) is 13.3. The van der Waals surface area contributed by atoms with Gasteiger partial charge in [-0.3, -0.25) is 0 Å². The Morgan fingerprint density at radius 3 is 2.68 bits per heavy atom. The molecule has 0 spiro atoms. The Bertz CT molecular complexity index is 1580. The van der Waals surface area contributed by atoms with Gasteiger partial charge in [0.15, 0.2) is 6.10 Å². The van der Waals surface area contributed by atoms with Crippen LogP contribution >= 0.6 is 23.7 Å². The van der Waals surface area contributed by atoms with Crippen LogP contribution in [0.4, 0.5) is 13.6 Å². The number of halogens is 4. The van der Waals surface area contributed by atoms with Crippen molar-refractivity contribution >= 4 is 42.0 Å². The molecule has 44 heavy (non-hydrogen) atoms. The smallest absolute Gasteiger partial charge is 0.410 e. The summed E-state index contributed by atoms with van der Waals surface area (Å²) in [5.74, 6) is -2.14. The number of carbonyl (C=O) groups is 1. The van der Waals surface area contributed by atoms with Crippen LogP contribution in [0.15, 0.2) is 52.9 Å². The molecule has 5 rings (SSSR count). The van der Waals surface area contributed by atoms with E-state index in [0.717, 1.165) is 23.8 Å². The maximum atomic E-state index is 15.2. The largest absolute Gasteiger partial charge is 1.00 e. The maximum absolute atomic E-state index is 15.2. The van der Waals surface area contributed by atoms with Crippen molar-refractivity contribution in [3.05, 3.63) is 75.6 Å². The maximum Gasteiger partial charge on any atom is 0.410 e. The SMILES string of the molecule is CC(OC(=O)N1CC[C@H](N)C1)C1=NN(C[C@](O)(c2cc(F)ccc2F)[C@@H](C)c2nc(-c3ccc(C#N)cc3)cs2)C=[N+]1.Cl.[Cl-]. The number of amidine groups is 1. The number of hydrogen-bond donors (Lipinski definition) is 2. The Labute approximate surface area is 269 Å². The van der Waals surface area contributed by atoms with Gasteiger partial charge < -0.3 is 32.9 Å². The van der Waals surface area contributed by atoms with Crippen molar-refractivity contribution in [3.8, 4) is 17.3 Å². The van der Waals surface area contributed by atoms with Gasteiger partial charge in [0.2, 0.25) is 0 Å². The summed E-state index contributed by atoms with van der Waals surface area (Å²) in [5, 5.41) is 29.1. The Morgan fingerprint density at radius 1 is 1.30 bits per heavy atom. The predicted molar refractivity (Wildman–Crippen MR) is 161 cm³/mol. The summed E-state index contributed by atoms with van der Waals surface area (Å²) in [4.78, 5) is 22.9. The van der Waals surface area contributed by atoms with Crippen LogP contribution in [0, 0.1) is 23.0 Å². The Balaban J connectivity index is 0.00000264. The number of nitrogens with zero attached hydrogens (tertiary/aromatic N) is 6. The molecule has 1 unspecified atom stereocenters. The standard InChI is InChI=1S/C29H29F2N7O3S.2ClH/c1-17(27-35-25(14-42-27)20-5-3-19(12-32)4-6-20)29(40,23-11-21(30)7-8-24(23)31)15-38-16-34-26(36-38)18(2)41-28(39)37-10-9-22(33)13-37;;/h3-8,11,14,16-18,22,40H,9-10,13,15,33H2,1-2H3;2*1H/q+1;;/p-1/t17-,18?,22-,29+;;/m0../s1. The van der Waals surface area contributed by atoms with Gasteiger partial charge in [0.25, 0.3) is 6.34 Å². The number of hydrogen-bond acceptors (Lipinski definition) is 10. The number of nitrogens with two attached hydrogens (primary N) is 1. The second-order valence-electron chi connectivity index (χ2n) is 10.4. The Hall–Kier alpha value is -3.67. The number of hydrazone groups is 1. The molecule has 2 aliphatic rings. The molecule has 1 radical (unpaired) electrons. The molecule has 4 atom stereocenters. The molecular weight excluding hydrogens is 635 g/mol. The fourth-order valence-corrected chi connectivity index (χ4v) is 5.84. The number of ether oxygens (including phenoxy) is 1. The normalized spacial score (nSPS) is 18.4. The van der Waals surface area contributed by atoms with E-state index in [2.05, 4.69) is 21.1 Å². The highest BCUT2D eigenvalue weighted by atomic mass is 35.5. The van der Waals surface area contributed by atoms with Crippen molar-refractivity contribution < 1.29 is 35.8 Å². The van der Waals surface area contributed by atoms with Gasteiger partial charge in [0, 0.05) is 46.7 Å². The second-order valence-corrected chi connectivity index (χ2v) is 11.2. The lowest BCUT2D eigenvalue weighted by atomic mass is 9.81. The Kier molecular flexibility index (Phi) is 11.4. The van der Waals surface area contributed by atoms with Crippen molar-refractivity contribution in [2.75, 3.05) is 19.6 Å². The van der Waals surface area contributed by atoms with E-state index in [4.69, 9.17) is 15.7 Å². The van der Waals surface area contributed by atoms with Crippen LogP contribution in [0.2, 0.25) is 0 Å². The minimum Gasteiger partial charge on any atom is -1.00 e. The highest BCUT2D eigenvalue weighted by Gasteiger charge is 2.46. The van der Waals surface area contributed by atoms with Gasteiger partial charge in [-0.15, -0.1) is 28.8 Å². The molecule has 15 heteroatoms. The number of aliphatic hydroxyl groups is 1. The number of amides is 1. The second kappa shape index (κ2) is 14.4. The number of carbonyl (C=O) groups excluding carboxylic acids is 1. The number of rotatable bonds is 8. The van der Waals surface area contributed by atoms with Crippen LogP contribution in [0.25, 0.3) is 11.3 Å². The van der Waals surface area contributed by atoms with Crippen molar-refractivity contribution in [1.29, 1.82) is 5.26 Å². The summed E-state index contributed by atoms with van der Waals surface area (Å²) in [6.45, 7) is 3.90. The molecule has 10 nitrogen and oxygen atoms in total. The molecule has 1 fully saturated rings. The average Bonchev–Trinajstić information content (AvgIpc) is 3.75. The zero-order valence-corrected chi connectivity index (χ0v) is 26.1. The van der Waals surface area contributed by atoms with Crippen molar-refractivity contribution in [2.45, 2.75) is 43.9 Å². The molecule has 3 N–H and O–H groups in total. The summed E-state index contributed by atoms with van der Waals surface area (Å²) < 4.78 is 35.0. The van der Waals surface area contributed by atoms with E-state index in [1.54, 1.807) is 43.5 Å². The summed E-state index contributed by atoms with van der Waals surface area (Å²) in [5.41, 5.74) is 5.52. The fourth-order valence-electron chi connectivity index (χ4n) is 4.87. The van der Waals surface area contributed by atoms with E-state index in [1.165, 1.54) is 27.6 Å². The van der Waals surface area contributed by atoms with Crippen LogP contribution < -0.4 is 23.1 Å². The van der Waals surface area contributed by atoms with Crippen LogP contribution in [0.1, 0.15) is 42.3 Å². The summed E-state index contributed by atoms with van der Waals surface area (Å²) in [6, 6.07) is 11.8. The third kappa shape index (κ3) is 7.34. The lowest BCUT2D eigenvalue weighted by Gasteiger charge is -2.33. The van der Waals surface area contributed by atoms with Gasteiger partial charge in [0.05, 0.1) is 22.3 Å².